The zero-order chi connectivity index (χ0) is 14.4. The van der Waals surface area contributed by atoms with Crippen molar-refractivity contribution >= 4 is 0 Å². The molecule has 2 aromatic rings. The first-order chi connectivity index (χ1) is 9.76. The van der Waals surface area contributed by atoms with Crippen LogP contribution in [-0.4, -0.2) is 16.4 Å². The molecule has 2 rings (SSSR count). The minimum absolute atomic E-state index is 0.573. The molecule has 1 aromatic heterocycles. The smallest absolute Gasteiger partial charge is 0.119 e. The molecule has 0 spiro atoms. The minimum Gasteiger partial charge on any atom is -0.492 e. The van der Waals surface area contributed by atoms with E-state index in [9.17, 15) is 0 Å². The lowest BCUT2D eigenvalue weighted by Crippen LogP contribution is -2.12. The molecule has 0 fully saturated rings. The number of rotatable bonds is 6. The van der Waals surface area contributed by atoms with E-state index in [0.29, 0.717) is 12.2 Å². The molecule has 20 heavy (non-hydrogen) atoms. The molecule has 0 aliphatic heterocycles. The number of aryl methyl sites for hydroxylation is 2. The second-order valence-corrected chi connectivity index (χ2v) is 4.54. The van der Waals surface area contributed by atoms with Crippen molar-refractivity contribution in [2.75, 3.05) is 6.61 Å². The van der Waals surface area contributed by atoms with Gasteiger partial charge in [0, 0.05) is 5.69 Å². The van der Waals surface area contributed by atoms with Crippen molar-refractivity contribution in [3.05, 3.63) is 47.3 Å². The third-order valence-corrected chi connectivity index (χ3v) is 3.19. The third-order valence-electron chi connectivity index (χ3n) is 3.19. The number of nitrogens with zero attached hydrogens (tertiary/aromatic N) is 3. The molecule has 0 bridgehead atoms. The van der Waals surface area contributed by atoms with Crippen LogP contribution in [0.4, 0.5) is 0 Å². The van der Waals surface area contributed by atoms with Crippen LogP contribution in [0.5, 0.6) is 5.75 Å². The quantitative estimate of drug-likeness (QED) is 0.810. The number of hydrogen-bond acceptors (Lipinski definition) is 3. The largest absolute Gasteiger partial charge is 0.492 e. The van der Waals surface area contributed by atoms with E-state index in [4.69, 9.17) is 10.00 Å². The van der Waals surface area contributed by atoms with E-state index >= 15 is 0 Å². The molecular weight excluding hydrogens is 250 g/mol. The van der Waals surface area contributed by atoms with E-state index in [1.807, 2.05) is 16.8 Å². The molecule has 104 valence electrons. The summed E-state index contributed by atoms with van der Waals surface area (Å²) in [6.45, 7) is 5.56. The third kappa shape index (κ3) is 3.39. The highest BCUT2D eigenvalue weighted by molar-refractivity contribution is 5.34. The van der Waals surface area contributed by atoms with Crippen LogP contribution in [0.15, 0.2) is 30.3 Å². The number of nitriles is 1. The van der Waals surface area contributed by atoms with Crippen LogP contribution < -0.4 is 4.74 Å². The maximum Gasteiger partial charge on any atom is 0.119 e. The van der Waals surface area contributed by atoms with Crippen molar-refractivity contribution in [1.82, 2.24) is 9.78 Å². The lowest BCUT2D eigenvalue weighted by Gasteiger charge is -2.08. The monoisotopic (exact) mass is 269 g/mol. The van der Waals surface area contributed by atoms with Gasteiger partial charge in [-0.2, -0.15) is 10.4 Å². The van der Waals surface area contributed by atoms with Gasteiger partial charge in [-0.25, -0.2) is 0 Å². The standard InChI is InChI=1S/C16H19N3O/c1-3-14-11-15(4-2)19(18-14)9-10-20-16-7-5-13(12-17)6-8-16/h5-8,11H,3-4,9-10H2,1-2H3. The Morgan fingerprint density at radius 3 is 2.55 bits per heavy atom. The zero-order valence-corrected chi connectivity index (χ0v) is 12.0. The van der Waals surface area contributed by atoms with E-state index in [-0.39, 0.29) is 0 Å². The predicted octanol–water partition coefficient (Wildman–Crippen LogP) is 2.96. The van der Waals surface area contributed by atoms with Crippen molar-refractivity contribution in [1.29, 1.82) is 5.26 Å². The molecule has 4 nitrogen and oxygen atoms in total. The SMILES string of the molecule is CCc1cc(CC)n(CCOc2ccc(C#N)cc2)n1. The Morgan fingerprint density at radius 1 is 1.20 bits per heavy atom. The Labute approximate surface area is 119 Å². The highest BCUT2D eigenvalue weighted by Crippen LogP contribution is 2.12. The Hall–Kier alpha value is -2.28. The van der Waals surface area contributed by atoms with Gasteiger partial charge in [-0.3, -0.25) is 4.68 Å². The first-order valence-corrected chi connectivity index (χ1v) is 6.95. The minimum atomic E-state index is 0.573. The zero-order valence-electron chi connectivity index (χ0n) is 12.0. The Bertz CT molecular complexity index is 593. The number of benzene rings is 1. The Morgan fingerprint density at radius 2 is 1.95 bits per heavy atom. The molecule has 0 saturated heterocycles. The summed E-state index contributed by atoms with van der Waals surface area (Å²) >= 11 is 0. The molecule has 0 radical (unpaired) electrons. The topological polar surface area (TPSA) is 50.8 Å². The summed E-state index contributed by atoms with van der Waals surface area (Å²) in [6, 6.07) is 11.4. The van der Waals surface area contributed by atoms with Crippen LogP contribution in [0.1, 0.15) is 30.8 Å². The van der Waals surface area contributed by atoms with Crippen molar-refractivity contribution in [3.8, 4) is 11.8 Å². The second-order valence-electron chi connectivity index (χ2n) is 4.54. The van der Waals surface area contributed by atoms with E-state index in [1.165, 1.54) is 5.69 Å². The molecule has 4 heteroatoms. The average molecular weight is 269 g/mol. The molecular formula is C16H19N3O. The Kier molecular flexibility index (Phi) is 4.78. The van der Waals surface area contributed by atoms with Gasteiger partial charge in [0.1, 0.15) is 12.4 Å². The number of hydrogen-bond donors (Lipinski definition) is 0. The van der Waals surface area contributed by atoms with Gasteiger partial charge in [0.2, 0.25) is 0 Å². The van der Waals surface area contributed by atoms with Gasteiger partial charge in [-0.1, -0.05) is 13.8 Å². The summed E-state index contributed by atoms with van der Waals surface area (Å²) in [4.78, 5) is 0. The van der Waals surface area contributed by atoms with Crippen molar-refractivity contribution in [3.63, 3.8) is 0 Å². The van der Waals surface area contributed by atoms with Crippen LogP contribution in [0.2, 0.25) is 0 Å². The molecule has 0 atom stereocenters. The molecule has 0 amide bonds. The van der Waals surface area contributed by atoms with Crippen molar-refractivity contribution in [2.45, 2.75) is 33.2 Å². The van der Waals surface area contributed by atoms with Crippen molar-refractivity contribution < 1.29 is 4.74 Å². The molecule has 0 aliphatic rings. The van der Waals surface area contributed by atoms with E-state index in [0.717, 1.165) is 30.8 Å². The molecule has 1 aromatic carbocycles. The normalized spacial score (nSPS) is 10.2. The molecule has 0 saturated carbocycles. The van der Waals surface area contributed by atoms with Crippen LogP contribution in [0, 0.1) is 11.3 Å². The van der Waals surface area contributed by atoms with Gasteiger partial charge >= 0.3 is 0 Å². The summed E-state index contributed by atoms with van der Waals surface area (Å²) in [6.07, 6.45) is 1.93. The number of aromatic nitrogens is 2. The molecule has 1 heterocycles. The van der Waals surface area contributed by atoms with Gasteiger partial charge in [0.15, 0.2) is 0 Å². The highest BCUT2D eigenvalue weighted by atomic mass is 16.5. The molecule has 0 unspecified atom stereocenters. The lowest BCUT2D eigenvalue weighted by atomic mass is 10.2. The maximum atomic E-state index is 8.73. The first-order valence-electron chi connectivity index (χ1n) is 6.95. The molecule has 0 aliphatic carbocycles. The van der Waals surface area contributed by atoms with E-state index in [1.54, 1.807) is 12.1 Å². The second kappa shape index (κ2) is 6.76. The van der Waals surface area contributed by atoms with Crippen LogP contribution in [0.3, 0.4) is 0 Å². The van der Waals surface area contributed by atoms with Crippen molar-refractivity contribution in [2.24, 2.45) is 0 Å². The fourth-order valence-electron chi connectivity index (χ4n) is 2.04. The van der Waals surface area contributed by atoms with Crippen LogP contribution >= 0.6 is 0 Å². The predicted molar refractivity (Wildman–Crippen MR) is 77.6 cm³/mol. The van der Waals surface area contributed by atoms with Gasteiger partial charge in [0.05, 0.1) is 23.9 Å². The van der Waals surface area contributed by atoms with Gasteiger partial charge in [-0.05, 0) is 43.2 Å². The average Bonchev–Trinajstić information content (AvgIpc) is 2.90. The summed E-state index contributed by atoms with van der Waals surface area (Å²) in [7, 11) is 0. The summed E-state index contributed by atoms with van der Waals surface area (Å²) in [5.41, 5.74) is 3.01. The van der Waals surface area contributed by atoms with E-state index < -0.39 is 0 Å². The van der Waals surface area contributed by atoms with Gasteiger partial charge in [0.25, 0.3) is 0 Å². The summed E-state index contributed by atoms with van der Waals surface area (Å²) < 4.78 is 7.70. The lowest BCUT2D eigenvalue weighted by molar-refractivity contribution is 0.289. The summed E-state index contributed by atoms with van der Waals surface area (Å²) in [5.74, 6) is 0.782. The van der Waals surface area contributed by atoms with Gasteiger partial charge in [-0.15, -0.1) is 0 Å². The fourth-order valence-corrected chi connectivity index (χ4v) is 2.04. The number of ether oxygens (including phenoxy) is 1. The highest BCUT2D eigenvalue weighted by Gasteiger charge is 2.05. The van der Waals surface area contributed by atoms with Crippen LogP contribution in [0.25, 0.3) is 0 Å². The van der Waals surface area contributed by atoms with Gasteiger partial charge < -0.3 is 4.74 Å². The summed E-state index contributed by atoms with van der Waals surface area (Å²) in [5, 5.41) is 13.3. The molecule has 0 N–H and O–H groups in total. The Balaban J connectivity index is 1.92. The maximum absolute atomic E-state index is 8.73. The fraction of sp³-hybridized carbons (Fsp3) is 0.375. The first kappa shape index (κ1) is 14.1. The van der Waals surface area contributed by atoms with Crippen LogP contribution in [-0.2, 0) is 19.4 Å². The van der Waals surface area contributed by atoms with E-state index in [2.05, 4.69) is 31.1 Å².